The van der Waals surface area contributed by atoms with Gasteiger partial charge in [0.2, 0.25) is 0 Å². The molecule has 5 rings (SSSR count). The average molecular weight is 556 g/mol. The van der Waals surface area contributed by atoms with Crippen LogP contribution >= 0.6 is 11.3 Å². The van der Waals surface area contributed by atoms with Gasteiger partial charge in [-0.25, -0.2) is 18.6 Å². The van der Waals surface area contributed by atoms with Crippen LogP contribution in [0.5, 0.6) is 0 Å². The summed E-state index contributed by atoms with van der Waals surface area (Å²) < 4.78 is 33.9. The number of aromatic nitrogens is 1. The molecule has 1 fully saturated rings. The number of rotatable bonds is 4. The minimum atomic E-state index is -0.548. The highest BCUT2D eigenvalue weighted by Gasteiger charge is 2.28. The highest BCUT2D eigenvalue weighted by molar-refractivity contribution is 7.14. The molecule has 2 aliphatic rings. The van der Waals surface area contributed by atoms with Crippen molar-refractivity contribution in [3.05, 3.63) is 70.2 Å². The van der Waals surface area contributed by atoms with E-state index in [1.165, 1.54) is 11.3 Å². The van der Waals surface area contributed by atoms with Crippen LogP contribution in [0.3, 0.4) is 0 Å². The lowest BCUT2D eigenvalue weighted by Gasteiger charge is -2.37. The van der Waals surface area contributed by atoms with Crippen molar-refractivity contribution in [1.82, 2.24) is 9.88 Å². The van der Waals surface area contributed by atoms with E-state index in [2.05, 4.69) is 15.2 Å². The van der Waals surface area contributed by atoms with E-state index in [9.17, 15) is 18.4 Å². The summed E-state index contributed by atoms with van der Waals surface area (Å²) in [6, 6.07) is 9.83. The summed E-state index contributed by atoms with van der Waals surface area (Å²) in [6.07, 6.45) is 0.0438. The van der Waals surface area contributed by atoms with Crippen LogP contribution in [0.4, 0.5) is 30.1 Å². The van der Waals surface area contributed by atoms with Crippen LogP contribution in [0, 0.1) is 11.6 Å². The lowest BCUT2D eigenvalue weighted by Crippen LogP contribution is -2.50. The number of piperazine rings is 1. The molecule has 2 aromatic carbocycles. The first-order chi connectivity index (χ1) is 18.6. The first-order valence-electron chi connectivity index (χ1n) is 12.9. The molecule has 0 spiro atoms. The number of amides is 2. The third kappa shape index (κ3) is 5.98. The van der Waals surface area contributed by atoms with Crippen LogP contribution in [0.25, 0.3) is 0 Å². The molecule has 1 N–H and O–H groups in total. The van der Waals surface area contributed by atoms with Gasteiger partial charge < -0.3 is 24.8 Å². The van der Waals surface area contributed by atoms with Crippen molar-refractivity contribution in [1.29, 1.82) is 0 Å². The quantitative estimate of drug-likeness (QED) is 0.471. The fourth-order valence-electron chi connectivity index (χ4n) is 4.77. The highest BCUT2D eigenvalue weighted by Crippen LogP contribution is 2.31. The van der Waals surface area contributed by atoms with Crippen LogP contribution in [0.1, 0.15) is 42.4 Å². The van der Waals surface area contributed by atoms with Crippen molar-refractivity contribution in [3.8, 4) is 0 Å². The molecule has 0 saturated carbocycles. The Bertz CT molecular complexity index is 1380. The maximum absolute atomic E-state index is 14.3. The summed E-state index contributed by atoms with van der Waals surface area (Å²) in [5.41, 5.74) is 1.95. The summed E-state index contributed by atoms with van der Waals surface area (Å²) in [4.78, 5) is 35.7. The van der Waals surface area contributed by atoms with Gasteiger partial charge in [-0.05, 0) is 57.0 Å². The lowest BCUT2D eigenvalue weighted by molar-refractivity contribution is 0.0240. The molecule has 11 heteroatoms. The minimum absolute atomic E-state index is 0.200. The molecule has 1 aromatic heterocycles. The van der Waals surface area contributed by atoms with Gasteiger partial charge in [0.25, 0.3) is 5.91 Å². The number of nitrogens with zero attached hydrogens (tertiary/aromatic N) is 4. The van der Waals surface area contributed by atoms with E-state index in [0.717, 1.165) is 17.8 Å². The molecule has 0 bridgehead atoms. The molecule has 39 heavy (non-hydrogen) atoms. The number of thiazole rings is 1. The standard InChI is InChI=1S/C28H31F2N5O3S/c1-28(2,3)38-27(37)34-14-12-33(13-15-34)24-7-5-4-6-22(24)31-25(36)23-17-39-26(32-23)35-11-10-18-19(16-35)21(30)9-8-20(18)29/h4-9,17H,10-16H2,1-3H3,(H,31,36). The number of para-hydroxylation sites is 2. The zero-order valence-electron chi connectivity index (χ0n) is 22.2. The van der Waals surface area contributed by atoms with E-state index in [1.54, 1.807) is 10.3 Å². The zero-order chi connectivity index (χ0) is 27.7. The van der Waals surface area contributed by atoms with E-state index < -0.39 is 17.2 Å². The summed E-state index contributed by atoms with van der Waals surface area (Å²) in [5, 5.41) is 5.22. The molecular formula is C28H31F2N5O3S. The van der Waals surface area contributed by atoms with E-state index in [-0.39, 0.29) is 24.2 Å². The Morgan fingerprint density at radius 3 is 2.36 bits per heavy atom. The molecule has 0 atom stereocenters. The third-order valence-corrected chi connectivity index (χ3v) is 7.62. The van der Waals surface area contributed by atoms with Crippen molar-refractivity contribution in [2.75, 3.05) is 47.8 Å². The van der Waals surface area contributed by atoms with E-state index in [4.69, 9.17) is 4.74 Å². The topological polar surface area (TPSA) is 78.0 Å². The van der Waals surface area contributed by atoms with Gasteiger partial charge in [0, 0.05) is 50.2 Å². The number of hydrogen-bond donors (Lipinski definition) is 1. The number of carbonyl (C=O) groups is 2. The Labute approximate surface area is 230 Å². The molecule has 206 valence electrons. The molecule has 8 nitrogen and oxygen atoms in total. The van der Waals surface area contributed by atoms with Crippen molar-refractivity contribution in [2.24, 2.45) is 0 Å². The van der Waals surface area contributed by atoms with Gasteiger partial charge >= 0.3 is 6.09 Å². The molecule has 3 aromatic rings. The van der Waals surface area contributed by atoms with Crippen molar-refractivity contribution in [3.63, 3.8) is 0 Å². The Kier molecular flexibility index (Phi) is 7.44. The molecule has 0 aliphatic carbocycles. The van der Waals surface area contributed by atoms with Gasteiger partial charge in [-0.1, -0.05) is 12.1 Å². The smallest absolute Gasteiger partial charge is 0.410 e. The Hall–Kier alpha value is -3.73. The van der Waals surface area contributed by atoms with Crippen LogP contribution in [-0.4, -0.2) is 60.2 Å². The fraction of sp³-hybridized carbons (Fsp3) is 0.393. The number of benzene rings is 2. The summed E-state index contributed by atoms with van der Waals surface area (Å²) in [6.45, 7) is 8.44. The van der Waals surface area contributed by atoms with E-state index in [0.29, 0.717) is 61.1 Å². The number of hydrogen-bond acceptors (Lipinski definition) is 7. The van der Waals surface area contributed by atoms with Gasteiger partial charge in [0.15, 0.2) is 5.13 Å². The highest BCUT2D eigenvalue weighted by atomic mass is 32.1. The number of fused-ring (bicyclic) bond motifs is 1. The van der Waals surface area contributed by atoms with Crippen LogP contribution < -0.4 is 15.1 Å². The van der Waals surface area contributed by atoms with Gasteiger partial charge in [0.1, 0.15) is 22.9 Å². The predicted octanol–water partition coefficient (Wildman–Crippen LogP) is 5.29. The fourth-order valence-corrected chi connectivity index (χ4v) is 5.60. The largest absolute Gasteiger partial charge is 0.444 e. The van der Waals surface area contributed by atoms with Gasteiger partial charge in [-0.2, -0.15) is 0 Å². The van der Waals surface area contributed by atoms with E-state index in [1.807, 2.05) is 49.9 Å². The SMILES string of the molecule is CC(C)(C)OC(=O)N1CCN(c2ccccc2NC(=O)c2csc(N3CCc4c(F)ccc(F)c4C3)n2)CC1. The number of nitrogens with one attached hydrogen (secondary N) is 1. The van der Waals surface area contributed by atoms with Crippen molar-refractivity contribution >= 4 is 39.8 Å². The minimum Gasteiger partial charge on any atom is -0.444 e. The predicted molar refractivity (Wildman–Crippen MR) is 148 cm³/mol. The van der Waals surface area contributed by atoms with Crippen LogP contribution in [-0.2, 0) is 17.7 Å². The van der Waals surface area contributed by atoms with Crippen molar-refractivity contribution < 1.29 is 23.1 Å². The normalized spacial score (nSPS) is 15.7. The Morgan fingerprint density at radius 2 is 1.64 bits per heavy atom. The van der Waals surface area contributed by atoms with Crippen LogP contribution in [0.2, 0.25) is 0 Å². The molecule has 0 radical (unpaired) electrons. The van der Waals surface area contributed by atoms with Crippen LogP contribution in [0.15, 0.2) is 41.8 Å². The van der Waals surface area contributed by atoms with Crippen molar-refractivity contribution in [2.45, 2.75) is 39.3 Å². The maximum atomic E-state index is 14.3. The maximum Gasteiger partial charge on any atom is 0.410 e. The van der Waals surface area contributed by atoms with Gasteiger partial charge in [0.05, 0.1) is 11.4 Å². The first-order valence-corrected chi connectivity index (χ1v) is 13.8. The third-order valence-electron chi connectivity index (χ3n) is 6.72. The Balaban J connectivity index is 1.24. The molecular weight excluding hydrogens is 524 g/mol. The summed E-state index contributed by atoms with van der Waals surface area (Å²) in [5.74, 6) is -1.18. The van der Waals surface area contributed by atoms with Gasteiger partial charge in [-0.15, -0.1) is 11.3 Å². The second-order valence-electron chi connectivity index (χ2n) is 10.6. The molecule has 3 heterocycles. The second kappa shape index (κ2) is 10.8. The first kappa shape index (κ1) is 26.9. The summed E-state index contributed by atoms with van der Waals surface area (Å²) >= 11 is 1.30. The van der Waals surface area contributed by atoms with E-state index >= 15 is 0 Å². The number of ether oxygens (including phenoxy) is 1. The zero-order valence-corrected chi connectivity index (χ0v) is 23.0. The Morgan fingerprint density at radius 1 is 0.949 bits per heavy atom. The molecule has 1 saturated heterocycles. The molecule has 2 amide bonds. The number of carbonyl (C=O) groups excluding carboxylic acids is 2. The summed E-state index contributed by atoms with van der Waals surface area (Å²) in [7, 11) is 0. The second-order valence-corrected chi connectivity index (χ2v) is 11.4. The number of anilines is 3. The molecule has 2 aliphatic heterocycles. The monoisotopic (exact) mass is 555 g/mol. The average Bonchev–Trinajstić information content (AvgIpc) is 3.41. The molecule has 0 unspecified atom stereocenters. The van der Waals surface area contributed by atoms with Gasteiger partial charge in [-0.3, -0.25) is 4.79 Å². The lowest BCUT2D eigenvalue weighted by atomic mass is 9.99. The number of halogens is 2.